The Morgan fingerprint density at radius 2 is 1.77 bits per heavy atom. The van der Waals surface area contributed by atoms with Crippen LogP contribution in [0, 0.1) is 0 Å². The smallest absolute Gasteiger partial charge is 0.129 e. The van der Waals surface area contributed by atoms with Gasteiger partial charge in [0.05, 0.1) is 6.10 Å². The number of ether oxygens (including phenoxy) is 1. The van der Waals surface area contributed by atoms with Gasteiger partial charge in [-0.2, -0.15) is 0 Å². The molecule has 1 rings (SSSR count). The average molecular weight is 208 g/mol. The maximum Gasteiger partial charge on any atom is 0.129 e. The van der Waals surface area contributed by atoms with Crippen LogP contribution in [0.2, 0.25) is 0 Å². The van der Waals surface area contributed by atoms with E-state index in [-0.39, 0.29) is 0 Å². The lowest BCUT2D eigenvalue weighted by Crippen LogP contribution is -2.55. The summed E-state index contributed by atoms with van der Waals surface area (Å²) < 4.78 is 5.23. The molecule has 0 aliphatic carbocycles. The minimum atomic E-state index is -1.16. The van der Waals surface area contributed by atoms with E-state index in [2.05, 4.69) is 12.6 Å². The van der Waals surface area contributed by atoms with Crippen molar-refractivity contribution in [3.8, 4) is 0 Å². The Kier molecular flexibility index (Phi) is 4.00. The van der Waals surface area contributed by atoms with Crippen LogP contribution in [0.4, 0.5) is 0 Å². The zero-order valence-corrected chi connectivity index (χ0v) is 8.39. The molecule has 0 aromatic heterocycles. The summed E-state index contributed by atoms with van der Waals surface area (Å²) in [4.78, 5) is 0. The van der Waals surface area contributed by atoms with Gasteiger partial charge in [0.1, 0.15) is 23.7 Å². The average Bonchev–Trinajstić information content (AvgIpc) is 2.11. The first-order chi connectivity index (χ1) is 6.07. The Bertz CT molecular complexity index is 166. The van der Waals surface area contributed by atoms with Gasteiger partial charge in [0.15, 0.2) is 0 Å². The molecule has 4 nitrogen and oxygen atoms in total. The lowest BCUT2D eigenvalue weighted by molar-refractivity contribution is -0.198. The molecule has 1 fully saturated rings. The summed E-state index contributed by atoms with van der Waals surface area (Å²) >= 11 is 3.96. The number of hydrogen-bond acceptors (Lipinski definition) is 5. The van der Waals surface area contributed by atoms with Gasteiger partial charge < -0.3 is 20.1 Å². The largest absolute Gasteiger partial charge is 0.388 e. The van der Waals surface area contributed by atoms with Crippen molar-refractivity contribution >= 4 is 12.6 Å². The molecule has 13 heavy (non-hydrogen) atoms. The molecule has 0 aromatic carbocycles. The Labute approximate surface area is 82.9 Å². The molecule has 0 spiro atoms. The molecule has 0 bridgehead atoms. The summed E-state index contributed by atoms with van der Waals surface area (Å²) in [5, 5.41) is 28.2. The number of aliphatic hydroxyl groups excluding tert-OH is 3. The van der Waals surface area contributed by atoms with Gasteiger partial charge in [-0.05, 0) is 6.42 Å². The van der Waals surface area contributed by atoms with E-state index in [4.69, 9.17) is 4.74 Å². The monoisotopic (exact) mass is 208 g/mol. The highest BCUT2D eigenvalue weighted by Gasteiger charge is 2.41. The molecule has 1 saturated heterocycles. The van der Waals surface area contributed by atoms with E-state index in [1.54, 1.807) is 0 Å². The Morgan fingerprint density at radius 3 is 2.31 bits per heavy atom. The highest BCUT2D eigenvalue weighted by molar-refractivity contribution is 7.80. The zero-order valence-electron chi connectivity index (χ0n) is 7.50. The standard InChI is InChI=1S/C8H16O4S/c1-2-3-4-5(9)6(10)7(11)8(13)12-4/h4-11,13H,2-3H2,1H3/t4?,5-,6?,7?,8-/m0/s1. The van der Waals surface area contributed by atoms with Crippen molar-refractivity contribution in [1.82, 2.24) is 0 Å². The summed E-state index contributed by atoms with van der Waals surface area (Å²) in [7, 11) is 0. The van der Waals surface area contributed by atoms with E-state index in [1.807, 2.05) is 6.92 Å². The molecular formula is C8H16O4S. The van der Waals surface area contributed by atoms with Crippen LogP contribution in [-0.2, 0) is 4.74 Å². The van der Waals surface area contributed by atoms with Crippen molar-refractivity contribution in [2.24, 2.45) is 0 Å². The van der Waals surface area contributed by atoms with Crippen LogP contribution in [0.1, 0.15) is 19.8 Å². The maximum atomic E-state index is 9.49. The minimum Gasteiger partial charge on any atom is -0.388 e. The van der Waals surface area contributed by atoms with Gasteiger partial charge in [0.2, 0.25) is 0 Å². The third-order valence-corrected chi connectivity index (χ3v) is 2.69. The molecule has 5 atom stereocenters. The first kappa shape index (κ1) is 11.3. The predicted octanol–water partition coefficient (Wildman–Crippen LogP) is -0.476. The predicted molar refractivity (Wildman–Crippen MR) is 50.6 cm³/mol. The third kappa shape index (κ3) is 2.35. The second-order valence-corrected chi connectivity index (χ2v) is 3.83. The van der Waals surface area contributed by atoms with Crippen LogP contribution in [0.15, 0.2) is 0 Å². The van der Waals surface area contributed by atoms with Crippen molar-refractivity contribution in [3.05, 3.63) is 0 Å². The van der Waals surface area contributed by atoms with Crippen LogP contribution in [0.25, 0.3) is 0 Å². The quantitative estimate of drug-likeness (QED) is 0.463. The van der Waals surface area contributed by atoms with Gasteiger partial charge in [-0.1, -0.05) is 13.3 Å². The van der Waals surface area contributed by atoms with Crippen molar-refractivity contribution < 1.29 is 20.1 Å². The lowest BCUT2D eigenvalue weighted by Gasteiger charge is -2.38. The van der Waals surface area contributed by atoms with E-state index in [1.165, 1.54) is 0 Å². The van der Waals surface area contributed by atoms with Crippen molar-refractivity contribution in [3.63, 3.8) is 0 Å². The number of thiol groups is 1. The fourth-order valence-electron chi connectivity index (χ4n) is 1.45. The summed E-state index contributed by atoms with van der Waals surface area (Å²) in [6, 6.07) is 0. The fraction of sp³-hybridized carbons (Fsp3) is 1.00. The molecule has 0 radical (unpaired) electrons. The summed E-state index contributed by atoms with van der Waals surface area (Å²) in [5.41, 5.74) is -0.713. The highest BCUT2D eigenvalue weighted by Crippen LogP contribution is 2.25. The Hall–Kier alpha value is 0.190. The number of aliphatic hydroxyl groups is 3. The van der Waals surface area contributed by atoms with Crippen LogP contribution < -0.4 is 0 Å². The molecule has 0 amide bonds. The molecule has 1 heterocycles. The Balaban J connectivity index is 2.59. The second-order valence-electron chi connectivity index (χ2n) is 3.33. The SMILES string of the molecule is CCCC1O[C@@H](S)C(O)C(O)[C@H]1O. The third-order valence-electron chi connectivity index (χ3n) is 2.26. The van der Waals surface area contributed by atoms with Gasteiger partial charge in [-0.15, -0.1) is 12.6 Å². The Morgan fingerprint density at radius 1 is 1.15 bits per heavy atom. The molecule has 5 heteroatoms. The minimum absolute atomic E-state index is 0.425. The topological polar surface area (TPSA) is 69.9 Å². The van der Waals surface area contributed by atoms with Gasteiger partial charge in [0, 0.05) is 0 Å². The van der Waals surface area contributed by atoms with Gasteiger partial charge in [-0.3, -0.25) is 0 Å². The molecule has 3 N–H and O–H groups in total. The van der Waals surface area contributed by atoms with Crippen LogP contribution in [-0.4, -0.2) is 45.2 Å². The van der Waals surface area contributed by atoms with E-state index >= 15 is 0 Å². The molecule has 0 aromatic rings. The zero-order chi connectivity index (χ0) is 10.0. The first-order valence-corrected chi connectivity index (χ1v) is 4.97. The lowest BCUT2D eigenvalue weighted by atomic mass is 9.97. The molecule has 1 aliphatic rings. The van der Waals surface area contributed by atoms with E-state index < -0.39 is 29.9 Å². The summed E-state index contributed by atoms with van der Waals surface area (Å²) in [6.45, 7) is 1.96. The van der Waals surface area contributed by atoms with Crippen LogP contribution in [0.5, 0.6) is 0 Å². The van der Waals surface area contributed by atoms with Crippen molar-refractivity contribution in [2.45, 2.75) is 49.6 Å². The maximum absolute atomic E-state index is 9.49. The molecule has 78 valence electrons. The van der Waals surface area contributed by atoms with Gasteiger partial charge in [0.25, 0.3) is 0 Å². The van der Waals surface area contributed by atoms with Gasteiger partial charge >= 0.3 is 0 Å². The van der Waals surface area contributed by atoms with Crippen molar-refractivity contribution in [1.29, 1.82) is 0 Å². The molecule has 3 unspecified atom stereocenters. The van der Waals surface area contributed by atoms with Crippen LogP contribution in [0.3, 0.4) is 0 Å². The first-order valence-electron chi connectivity index (χ1n) is 4.45. The fourth-order valence-corrected chi connectivity index (χ4v) is 1.79. The number of rotatable bonds is 2. The van der Waals surface area contributed by atoms with Crippen molar-refractivity contribution in [2.75, 3.05) is 0 Å². The molecular weight excluding hydrogens is 192 g/mol. The van der Waals surface area contributed by atoms with Gasteiger partial charge in [-0.25, -0.2) is 0 Å². The summed E-state index contributed by atoms with van der Waals surface area (Å²) in [5.74, 6) is 0. The molecule has 1 aliphatic heterocycles. The van der Waals surface area contributed by atoms with E-state index in [9.17, 15) is 15.3 Å². The number of hydrogen-bond donors (Lipinski definition) is 4. The van der Waals surface area contributed by atoms with E-state index in [0.717, 1.165) is 6.42 Å². The van der Waals surface area contributed by atoms with Crippen LogP contribution >= 0.6 is 12.6 Å². The second kappa shape index (κ2) is 4.61. The summed E-state index contributed by atoms with van der Waals surface area (Å²) in [6.07, 6.45) is -2.21. The highest BCUT2D eigenvalue weighted by atomic mass is 32.1. The normalized spacial score (nSPS) is 46.4. The molecule has 0 saturated carbocycles. The van der Waals surface area contributed by atoms with E-state index in [0.29, 0.717) is 6.42 Å².